The fraction of sp³-hybridized carbons (Fsp3) is 0.625. The Kier molecular flexibility index (Phi) is 5.70. The van der Waals surface area contributed by atoms with E-state index in [4.69, 9.17) is 0 Å². The predicted molar refractivity (Wildman–Crippen MR) is 76.4 cm³/mol. The van der Waals surface area contributed by atoms with Gasteiger partial charge in [-0.2, -0.15) is 0 Å². The number of benzene rings is 1. The van der Waals surface area contributed by atoms with E-state index in [1.165, 1.54) is 30.4 Å². The molecule has 0 aliphatic carbocycles. The van der Waals surface area contributed by atoms with E-state index in [0.717, 1.165) is 13.1 Å². The quantitative estimate of drug-likeness (QED) is 0.703. The minimum Gasteiger partial charge on any atom is -0.316 e. The Hall–Kier alpha value is -0.820. The monoisotopic (exact) mass is 233 g/mol. The summed E-state index contributed by atoms with van der Waals surface area (Å²) in [6.07, 6.45) is 3.60. The molecule has 17 heavy (non-hydrogen) atoms. The minimum absolute atomic E-state index is 0.379. The second-order valence-corrected chi connectivity index (χ2v) is 5.50. The van der Waals surface area contributed by atoms with Crippen LogP contribution in [0.15, 0.2) is 24.3 Å². The van der Waals surface area contributed by atoms with Gasteiger partial charge >= 0.3 is 0 Å². The first-order valence-electron chi connectivity index (χ1n) is 6.86. The fourth-order valence-electron chi connectivity index (χ4n) is 2.08. The summed E-state index contributed by atoms with van der Waals surface area (Å²) in [4.78, 5) is 0. The average Bonchev–Trinajstić information content (AvgIpc) is 2.33. The number of aryl methyl sites for hydroxylation is 1. The van der Waals surface area contributed by atoms with E-state index in [1.54, 1.807) is 0 Å². The van der Waals surface area contributed by atoms with Crippen molar-refractivity contribution < 1.29 is 0 Å². The summed E-state index contributed by atoms with van der Waals surface area (Å²) < 4.78 is 0. The molecule has 0 saturated carbocycles. The van der Waals surface area contributed by atoms with E-state index in [-0.39, 0.29) is 0 Å². The van der Waals surface area contributed by atoms with Crippen LogP contribution in [0.2, 0.25) is 0 Å². The van der Waals surface area contributed by atoms with Crippen molar-refractivity contribution in [2.45, 2.75) is 47.0 Å². The number of hydrogen-bond acceptors (Lipinski definition) is 1. The number of hydrogen-bond donors (Lipinski definition) is 1. The molecule has 0 saturated heterocycles. The molecule has 0 heterocycles. The Morgan fingerprint density at radius 3 is 2.29 bits per heavy atom. The molecule has 0 fully saturated rings. The Morgan fingerprint density at radius 2 is 1.76 bits per heavy atom. The van der Waals surface area contributed by atoms with Crippen LogP contribution in [0.5, 0.6) is 0 Å². The molecule has 0 spiro atoms. The van der Waals surface area contributed by atoms with E-state index in [0.29, 0.717) is 5.41 Å². The maximum absolute atomic E-state index is 3.56. The van der Waals surface area contributed by atoms with E-state index in [9.17, 15) is 0 Å². The zero-order valence-corrected chi connectivity index (χ0v) is 11.8. The van der Waals surface area contributed by atoms with Crippen molar-refractivity contribution in [3.8, 4) is 0 Å². The Morgan fingerprint density at radius 1 is 1.12 bits per heavy atom. The molecular formula is C16H27N. The minimum atomic E-state index is 0.379. The molecule has 1 unspecified atom stereocenters. The number of rotatable bonds is 7. The van der Waals surface area contributed by atoms with Crippen molar-refractivity contribution in [1.29, 1.82) is 0 Å². The maximum atomic E-state index is 3.56. The topological polar surface area (TPSA) is 12.0 Å². The normalized spacial score (nSPS) is 14.6. The van der Waals surface area contributed by atoms with Crippen molar-refractivity contribution >= 4 is 0 Å². The second-order valence-electron chi connectivity index (χ2n) is 5.50. The van der Waals surface area contributed by atoms with Gasteiger partial charge < -0.3 is 5.32 Å². The molecule has 96 valence electrons. The van der Waals surface area contributed by atoms with Gasteiger partial charge in [-0.15, -0.1) is 0 Å². The molecule has 1 heteroatoms. The summed E-state index contributed by atoms with van der Waals surface area (Å²) in [7, 11) is 0. The third-order valence-electron chi connectivity index (χ3n) is 3.58. The van der Waals surface area contributed by atoms with Crippen LogP contribution in [0.3, 0.4) is 0 Å². The third kappa shape index (κ3) is 4.91. The summed E-state index contributed by atoms with van der Waals surface area (Å²) in [6, 6.07) is 8.96. The lowest BCUT2D eigenvalue weighted by atomic mass is 9.81. The van der Waals surface area contributed by atoms with Gasteiger partial charge in [0.25, 0.3) is 0 Å². The molecule has 0 amide bonds. The van der Waals surface area contributed by atoms with Gasteiger partial charge in [0.2, 0.25) is 0 Å². The lowest BCUT2D eigenvalue weighted by Gasteiger charge is -2.29. The highest BCUT2D eigenvalue weighted by Crippen LogP contribution is 2.25. The van der Waals surface area contributed by atoms with E-state index in [1.807, 2.05) is 0 Å². The summed E-state index contributed by atoms with van der Waals surface area (Å²) >= 11 is 0. The zero-order chi connectivity index (χ0) is 12.7. The van der Waals surface area contributed by atoms with Crippen LogP contribution in [0.25, 0.3) is 0 Å². The summed E-state index contributed by atoms with van der Waals surface area (Å²) in [5.74, 6) is 0. The molecule has 1 aromatic carbocycles. The highest BCUT2D eigenvalue weighted by molar-refractivity contribution is 5.22. The van der Waals surface area contributed by atoms with E-state index in [2.05, 4.69) is 57.3 Å². The molecule has 0 aromatic heterocycles. The van der Waals surface area contributed by atoms with Crippen LogP contribution in [0, 0.1) is 12.3 Å². The Labute approximate surface area is 107 Å². The Bertz CT molecular complexity index is 315. The molecule has 0 radical (unpaired) electrons. The largest absolute Gasteiger partial charge is 0.316 e. The second kappa shape index (κ2) is 6.80. The highest BCUT2D eigenvalue weighted by atomic mass is 14.9. The van der Waals surface area contributed by atoms with Gasteiger partial charge in [0, 0.05) is 6.54 Å². The standard InChI is InChI=1S/C16H27N/c1-5-11-17-13-16(4,6-2)12-15-9-7-14(3)8-10-15/h7-10,17H,5-6,11-13H2,1-4H3. The van der Waals surface area contributed by atoms with E-state index >= 15 is 0 Å². The first kappa shape index (κ1) is 14.2. The van der Waals surface area contributed by atoms with Crippen molar-refractivity contribution in [3.05, 3.63) is 35.4 Å². The SMILES string of the molecule is CCCNCC(C)(CC)Cc1ccc(C)cc1. The average molecular weight is 233 g/mol. The molecule has 1 nitrogen and oxygen atoms in total. The van der Waals surface area contributed by atoms with Gasteiger partial charge in [-0.3, -0.25) is 0 Å². The lowest BCUT2D eigenvalue weighted by molar-refractivity contribution is 0.291. The van der Waals surface area contributed by atoms with Crippen LogP contribution >= 0.6 is 0 Å². The highest BCUT2D eigenvalue weighted by Gasteiger charge is 2.21. The van der Waals surface area contributed by atoms with Crippen molar-refractivity contribution in [1.82, 2.24) is 5.32 Å². The van der Waals surface area contributed by atoms with Crippen LogP contribution < -0.4 is 5.32 Å². The zero-order valence-electron chi connectivity index (χ0n) is 11.8. The van der Waals surface area contributed by atoms with Gasteiger partial charge in [0.15, 0.2) is 0 Å². The fourth-order valence-corrected chi connectivity index (χ4v) is 2.08. The summed E-state index contributed by atoms with van der Waals surface area (Å²) in [5.41, 5.74) is 3.18. The molecule has 1 rings (SSSR count). The van der Waals surface area contributed by atoms with E-state index < -0.39 is 0 Å². The van der Waals surface area contributed by atoms with Crippen LogP contribution in [-0.4, -0.2) is 13.1 Å². The predicted octanol–water partition coefficient (Wildman–Crippen LogP) is 3.95. The first-order chi connectivity index (χ1) is 8.09. The first-order valence-corrected chi connectivity index (χ1v) is 6.86. The molecule has 1 atom stereocenters. The van der Waals surface area contributed by atoms with Gasteiger partial charge in [0.1, 0.15) is 0 Å². The molecular weight excluding hydrogens is 206 g/mol. The molecule has 1 N–H and O–H groups in total. The smallest absolute Gasteiger partial charge is 0.000824 e. The summed E-state index contributed by atoms with van der Waals surface area (Å²) in [6.45, 7) is 11.3. The van der Waals surface area contributed by atoms with Crippen molar-refractivity contribution in [2.24, 2.45) is 5.41 Å². The number of nitrogens with one attached hydrogen (secondary N) is 1. The molecule has 0 bridgehead atoms. The van der Waals surface area contributed by atoms with Crippen molar-refractivity contribution in [2.75, 3.05) is 13.1 Å². The maximum Gasteiger partial charge on any atom is 0.000824 e. The van der Waals surface area contributed by atoms with Gasteiger partial charge in [0.05, 0.1) is 0 Å². The van der Waals surface area contributed by atoms with Crippen LogP contribution in [0.4, 0.5) is 0 Å². The molecule has 0 aliphatic heterocycles. The lowest BCUT2D eigenvalue weighted by Crippen LogP contribution is -2.33. The van der Waals surface area contributed by atoms with Crippen LogP contribution in [0.1, 0.15) is 44.7 Å². The molecule has 1 aromatic rings. The van der Waals surface area contributed by atoms with Gasteiger partial charge in [-0.05, 0) is 43.7 Å². The Balaban J connectivity index is 2.58. The van der Waals surface area contributed by atoms with Gasteiger partial charge in [-0.25, -0.2) is 0 Å². The third-order valence-corrected chi connectivity index (χ3v) is 3.58. The molecule has 0 aliphatic rings. The van der Waals surface area contributed by atoms with Gasteiger partial charge in [-0.1, -0.05) is 50.6 Å². The van der Waals surface area contributed by atoms with Crippen molar-refractivity contribution in [3.63, 3.8) is 0 Å². The summed E-state index contributed by atoms with van der Waals surface area (Å²) in [5, 5.41) is 3.56. The van der Waals surface area contributed by atoms with Crippen LogP contribution in [-0.2, 0) is 6.42 Å².